The Bertz CT molecular complexity index is 1880. The van der Waals surface area contributed by atoms with Gasteiger partial charge in [-0.2, -0.15) is 5.26 Å². The quantitative estimate of drug-likeness (QED) is 0.232. The lowest BCUT2D eigenvalue weighted by molar-refractivity contribution is -0.136. The first kappa shape index (κ1) is 28.2. The maximum Gasteiger partial charge on any atom is 0.307 e. The van der Waals surface area contributed by atoms with E-state index in [4.69, 9.17) is 4.42 Å². The smallest absolute Gasteiger partial charge is 0.307 e. The molecule has 218 valence electrons. The molecule has 1 saturated heterocycles. The topological polar surface area (TPSA) is 119 Å². The molecule has 9 nitrogen and oxygen atoms in total. The van der Waals surface area contributed by atoms with Gasteiger partial charge in [0.2, 0.25) is 0 Å². The molecule has 1 N–H and O–H groups in total. The number of benzene rings is 2. The molecular weight excluding hydrogens is 540 g/mol. The average molecular weight is 575 g/mol. The van der Waals surface area contributed by atoms with Crippen LogP contribution in [0.4, 0.5) is 11.5 Å². The lowest BCUT2D eigenvalue weighted by Gasteiger charge is -2.40. The van der Waals surface area contributed by atoms with Gasteiger partial charge in [-0.05, 0) is 48.4 Å². The van der Waals surface area contributed by atoms with Gasteiger partial charge in [0.1, 0.15) is 23.5 Å². The van der Waals surface area contributed by atoms with Gasteiger partial charge in [-0.1, -0.05) is 50.2 Å². The van der Waals surface area contributed by atoms with Crippen molar-refractivity contribution in [3.05, 3.63) is 77.4 Å². The summed E-state index contributed by atoms with van der Waals surface area (Å²) in [6.07, 6.45) is 3.37. The number of hydrogen-bond acceptors (Lipinski definition) is 8. The third kappa shape index (κ3) is 5.37. The molecule has 0 amide bonds. The van der Waals surface area contributed by atoms with Crippen molar-refractivity contribution in [1.29, 1.82) is 5.26 Å². The number of carboxylic acid groups (broad SMARTS) is 1. The Labute approximate surface area is 250 Å². The summed E-state index contributed by atoms with van der Waals surface area (Å²) in [7, 11) is 1.97. The number of piperidine rings is 1. The minimum absolute atomic E-state index is 0.148. The molecule has 2 aromatic carbocycles. The fourth-order valence-electron chi connectivity index (χ4n) is 6.04. The van der Waals surface area contributed by atoms with Crippen LogP contribution in [0.5, 0.6) is 0 Å². The molecule has 5 aromatic rings. The lowest BCUT2D eigenvalue weighted by atomic mass is 9.82. The summed E-state index contributed by atoms with van der Waals surface area (Å²) in [6.45, 7) is 8.47. The van der Waals surface area contributed by atoms with E-state index < -0.39 is 5.97 Å². The van der Waals surface area contributed by atoms with Gasteiger partial charge in [0.25, 0.3) is 0 Å². The Kier molecular flexibility index (Phi) is 7.22. The van der Waals surface area contributed by atoms with Crippen molar-refractivity contribution in [3.8, 4) is 17.2 Å². The van der Waals surface area contributed by atoms with Crippen LogP contribution in [0.1, 0.15) is 49.2 Å². The van der Waals surface area contributed by atoms with Gasteiger partial charge < -0.3 is 19.3 Å². The molecule has 0 bridgehead atoms. The number of fused-ring (bicyclic) bond motifs is 3. The number of aliphatic carboxylic acids is 1. The summed E-state index contributed by atoms with van der Waals surface area (Å²) >= 11 is 0. The maximum atomic E-state index is 11.9. The zero-order chi connectivity index (χ0) is 30.3. The van der Waals surface area contributed by atoms with Crippen molar-refractivity contribution in [3.63, 3.8) is 0 Å². The highest BCUT2D eigenvalue weighted by Crippen LogP contribution is 2.42. The number of rotatable bonds is 7. The lowest BCUT2D eigenvalue weighted by Crippen LogP contribution is -2.38. The molecule has 6 rings (SSSR count). The molecule has 0 unspecified atom stereocenters. The first-order valence-corrected chi connectivity index (χ1v) is 14.5. The number of para-hydroxylation sites is 1. The number of aromatic nitrogens is 3. The summed E-state index contributed by atoms with van der Waals surface area (Å²) in [5.41, 5.74) is 7.38. The predicted molar refractivity (Wildman–Crippen MR) is 167 cm³/mol. The number of carbonyl (C=O) groups is 1. The molecule has 9 heteroatoms. The van der Waals surface area contributed by atoms with Crippen LogP contribution < -0.4 is 9.80 Å². The Morgan fingerprint density at radius 2 is 1.84 bits per heavy atom. The summed E-state index contributed by atoms with van der Waals surface area (Å²) < 4.78 is 6.13. The van der Waals surface area contributed by atoms with Gasteiger partial charge in [0.15, 0.2) is 17.1 Å². The maximum absolute atomic E-state index is 11.9. The van der Waals surface area contributed by atoms with E-state index in [0.717, 1.165) is 59.2 Å². The molecule has 0 saturated carbocycles. The number of carboxylic acids is 1. The van der Waals surface area contributed by atoms with Crippen molar-refractivity contribution in [2.24, 2.45) is 5.41 Å². The summed E-state index contributed by atoms with van der Waals surface area (Å²) in [4.78, 5) is 29.8. The van der Waals surface area contributed by atoms with E-state index in [2.05, 4.69) is 39.8 Å². The van der Waals surface area contributed by atoms with Gasteiger partial charge in [-0.25, -0.2) is 15.0 Å². The fourth-order valence-corrected chi connectivity index (χ4v) is 6.04. The molecule has 1 aliphatic heterocycles. The van der Waals surface area contributed by atoms with E-state index in [9.17, 15) is 15.2 Å². The Hall–Kier alpha value is -4.97. The second-order valence-corrected chi connectivity index (χ2v) is 12.1. The molecule has 0 atom stereocenters. The van der Waals surface area contributed by atoms with Gasteiger partial charge in [0, 0.05) is 48.9 Å². The minimum Gasteiger partial charge on any atom is -0.481 e. The number of anilines is 2. The number of aryl methyl sites for hydroxylation is 1. The van der Waals surface area contributed by atoms with Crippen LogP contribution in [-0.2, 0) is 17.8 Å². The number of nitrogens with zero attached hydrogens (tertiary/aromatic N) is 6. The predicted octanol–water partition coefficient (Wildman–Crippen LogP) is 6.51. The summed E-state index contributed by atoms with van der Waals surface area (Å²) in [5.74, 6) is -0.214. The highest BCUT2D eigenvalue weighted by molar-refractivity contribution is 6.05. The van der Waals surface area contributed by atoms with E-state index in [-0.39, 0.29) is 11.8 Å². The standard InChI is InChI=1S/C34H34N6O3/c1-21-25(17-28(41)42)31(40-15-13-34(2,3)14-16-40)29(26(18-35)38-21)23-11-9-22(10-12-23)19-39(4)33-32-30(36-20-37-33)24-7-5-6-8-27(24)43-32/h5-12,20H,13-17,19H2,1-4H3,(H,41,42). The van der Waals surface area contributed by atoms with Crippen molar-refractivity contribution in [1.82, 2.24) is 15.0 Å². The van der Waals surface area contributed by atoms with Crippen LogP contribution in [-0.4, -0.2) is 46.2 Å². The largest absolute Gasteiger partial charge is 0.481 e. The summed E-state index contributed by atoms with van der Waals surface area (Å²) in [5, 5.41) is 20.9. The van der Waals surface area contributed by atoms with E-state index in [1.54, 1.807) is 13.3 Å². The second kappa shape index (κ2) is 11.0. The molecule has 0 aliphatic carbocycles. The van der Waals surface area contributed by atoms with E-state index in [0.29, 0.717) is 40.5 Å². The van der Waals surface area contributed by atoms with E-state index in [1.165, 1.54) is 0 Å². The highest BCUT2D eigenvalue weighted by atomic mass is 16.4. The third-order valence-electron chi connectivity index (χ3n) is 8.51. The molecule has 1 aliphatic rings. The molecule has 0 radical (unpaired) electrons. The molecule has 0 spiro atoms. The normalized spacial score (nSPS) is 14.6. The van der Waals surface area contributed by atoms with E-state index in [1.807, 2.05) is 60.5 Å². The molecule has 1 fully saturated rings. The monoisotopic (exact) mass is 574 g/mol. The zero-order valence-corrected chi connectivity index (χ0v) is 24.9. The van der Waals surface area contributed by atoms with Crippen molar-refractivity contribution < 1.29 is 14.3 Å². The molecule has 43 heavy (non-hydrogen) atoms. The Morgan fingerprint density at radius 3 is 2.53 bits per heavy atom. The average Bonchev–Trinajstić information content (AvgIpc) is 3.37. The van der Waals surface area contributed by atoms with Crippen molar-refractivity contribution in [2.45, 2.75) is 46.6 Å². The van der Waals surface area contributed by atoms with Gasteiger partial charge in [-0.3, -0.25) is 4.79 Å². The van der Waals surface area contributed by atoms with Crippen molar-refractivity contribution in [2.75, 3.05) is 29.9 Å². The highest BCUT2D eigenvalue weighted by Gasteiger charge is 2.31. The van der Waals surface area contributed by atoms with Crippen LogP contribution in [0.25, 0.3) is 33.2 Å². The van der Waals surface area contributed by atoms with Gasteiger partial charge in [0.05, 0.1) is 12.1 Å². The minimum atomic E-state index is -0.916. The Balaban J connectivity index is 1.36. The van der Waals surface area contributed by atoms with Gasteiger partial charge in [-0.15, -0.1) is 0 Å². The van der Waals surface area contributed by atoms with E-state index >= 15 is 0 Å². The first-order valence-electron chi connectivity index (χ1n) is 14.5. The molecule has 3 aromatic heterocycles. The van der Waals surface area contributed by atoms with Gasteiger partial charge >= 0.3 is 5.97 Å². The third-order valence-corrected chi connectivity index (χ3v) is 8.51. The van der Waals surface area contributed by atoms with Crippen LogP contribution in [0, 0.1) is 23.7 Å². The number of pyridine rings is 1. The zero-order valence-electron chi connectivity index (χ0n) is 24.9. The number of hydrogen-bond donors (Lipinski definition) is 1. The molecular formula is C34H34N6O3. The fraction of sp³-hybridized carbons (Fsp3) is 0.324. The number of furan rings is 1. The Morgan fingerprint density at radius 1 is 1.12 bits per heavy atom. The van der Waals surface area contributed by atoms with Crippen LogP contribution in [0.15, 0.2) is 59.3 Å². The van der Waals surface area contributed by atoms with Crippen LogP contribution in [0.3, 0.4) is 0 Å². The van der Waals surface area contributed by atoms with Crippen molar-refractivity contribution >= 4 is 39.5 Å². The second-order valence-electron chi connectivity index (χ2n) is 12.1. The first-order chi connectivity index (χ1) is 20.6. The SMILES string of the molecule is Cc1nc(C#N)c(-c2ccc(CN(C)c3ncnc4c3oc3ccccc34)cc2)c(N2CCC(C)(C)CC2)c1CC(=O)O. The molecule has 4 heterocycles. The van der Waals surface area contributed by atoms with Crippen LogP contribution >= 0.6 is 0 Å². The van der Waals surface area contributed by atoms with Crippen LogP contribution in [0.2, 0.25) is 0 Å². The number of nitriles is 1. The summed E-state index contributed by atoms with van der Waals surface area (Å²) in [6, 6.07) is 18.2.